The quantitative estimate of drug-likeness (QED) is 0.441. The summed E-state index contributed by atoms with van der Waals surface area (Å²) in [6, 6.07) is 9.47. The number of esters is 2. The largest absolute Gasteiger partial charge is 0.493 e. The number of hydrogen-bond donors (Lipinski definition) is 1. The fourth-order valence-corrected chi connectivity index (χ4v) is 2.67. The van der Waals surface area contributed by atoms with Crippen LogP contribution >= 0.6 is 0 Å². The van der Waals surface area contributed by atoms with Gasteiger partial charge in [0.25, 0.3) is 5.91 Å². The zero-order valence-electron chi connectivity index (χ0n) is 18.4. The molecule has 0 saturated heterocycles. The Morgan fingerprint density at radius 2 is 1.81 bits per heavy atom. The summed E-state index contributed by atoms with van der Waals surface area (Å²) in [4.78, 5) is 40.6. The van der Waals surface area contributed by atoms with Crippen LogP contribution in [0.15, 0.2) is 55.3 Å². The Balaban J connectivity index is 2.06. The lowest BCUT2D eigenvalue weighted by Gasteiger charge is -2.24. The first kappa shape index (κ1) is 24.4. The third-order valence-electron chi connectivity index (χ3n) is 4.26. The standard InChI is InChI=1S/C23H26N2O7/c1-6-18(15(3)30-17-10-8-7-9-11-17)32-23(28)14(2)25-22(27)20-21(31-16(4)26)19(29-5)12-13-24-20/h6-15,18H,1H2,2-5H3,(H,25,27)/t14-,15-,18-/m0/s1. The fraction of sp³-hybridized carbons (Fsp3) is 0.304. The lowest BCUT2D eigenvalue weighted by Crippen LogP contribution is -2.43. The molecular weight excluding hydrogens is 416 g/mol. The van der Waals surface area contributed by atoms with Crippen molar-refractivity contribution in [3.05, 3.63) is 60.9 Å². The Morgan fingerprint density at radius 1 is 1.12 bits per heavy atom. The van der Waals surface area contributed by atoms with Crippen molar-refractivity contribution in [3.8, 4) is 17.2 Å². The first-order valence-electron chi connectivity index (χ1n) is 9.83. The van der Waals surface area contributed by atoms with Gasteiger partial charge < -0.3 is 24.3 Å². The van der Waals surface area contributed by atoms with Crippen molar-refractivity contribution in [2.45, 2.75) is 39.0 Å². The lowest BCUT2D eigenvalue weighted by atomic mass is 10.2. The van der Waals surface area contributed by atoms with Gasteiger partial charge in [-0.1, -0.05) is 24.8 Å². The normalized spacial score (nSPS) is 13.1. The molecule has 0 radical (unpaired) electrons. The number of pyridine rings is 1. The topological polar surface area (TPSA) is 113 Å². The number of rotatable bonds is 10. The van der Waals surface area contributed by atoms with Crippen molar-refractivity contribution in [2.24, 2.45) is 0 Å². The van der Waals surface area contributed by atoms with E-state index in [0.717, 1.165) is 0 Å². The molecule has 1 N–H and O–H groups in total. The van der Waals surface area contributed by atoms with E-state index >= 15 is 0 Å². The summed E-state index contributed by atoms with van der Waals surface area (Å²) < 4.78 is 21.4. The molecule has 170 valence electrons. The molecule has 1 aromatic carbocycles. The Morgan fingerprint density at radius 3 is 2.41 bits per heavy atom. The Bertz CT molecular complexity index is 962. The van der Waals surface area contributed by atoms with E-state index in [1.165, 1.54) is 39.3 Å². The molecule has 0 spiro atoms. The summed E-state index contributed by atoms with van der Waals surface area (Å²) in [7, 11) is 1.36. The number of methoxy groups -OCH3 is 1. The summed E-state index contributed by atoms with van der Waals surface area (Å²) in [6.07, 6.45) is 1.49. The summed E-state index contributed by atoms with van der Waals surface area (Å²) in [5.74, 6) is -1.48. The van der Waals surface area contributed by atoms with E-state index < -0.39 is 36.1 Å². The summed E-state index contributed by atoms with van der Waals surface area (Å²) in [6.45, 7) is 8.06. The van der Waals surface area contributed by atoms with Gasteiger partial charge in [0.15, 0.2) is 17.5 Å². The second-order valence-corrected chi connectivity index (χ2v) is 6.75. The van der Waals surface area contributed by atoms with Crippen LogP contribution in [0.3, 0.4) is 0 Å². The minimum atomic E-state index is -1.04. The molecule has 0 bridgehead atoms. The van der Waals surface area contributed by atoms with E-state index in [4.69, 9.17) is 18.9 Å². The van der Waals surface area contributed by atoms with Crippen molar-refractivity contribution in [1.82, 2.24) is 10.3 Å². The fourth-order valence-electron chi connectivity index (χ4n) is 2.67. The number of amides is 1. The molecule has 0 aliphatic rings. The predicted octanol–water partition coefficient (Wildman–Crippen LogP) is 2.70. The highest BCUT2D eigenvalue weighted by molar-refractivity contribution is 5.98. The van der Waals surface area contributed by atoms with Crippen LogP contribution in [0.2, 0.25) is 0 Å². The maximum Gasteiger partial charge on any atom is 0.329 e. The average molecular weight is 442 g/mol. The highest BCUT2D eigenvalue weighted by Crippen LogP contribution is 2.29. The van der Waals surface area contributed by atoms with Crippen molar-refractivity contribution in [1.29, 1.82) is 0 Å². The molecule has 9 nitrogen and oxygen atoms in total. The van der Waals surface area contributed by atoms with Crippen LogP contribution in [0.1, 0.15) is 31.3 Å². The molecule has 1 heterocycles. The second-order valence-electron chi connectivity index (χ2n) is 6.75. The Labute approximate surface area is 186 Å². The summed E-state index contributed by atoms with van der Waals surface area (Å²) >= 11 is 0. The Hall–Kier alpha value is -3.88. The average Bonchev–Trinajstić information content (AvgIpc) is 2.77. The van der Waals surface area contributed by atoms with Crippen LogP contribution in [0.25, 0.3) is 0 Å². The lowest BCUT2D eigenvalue weighted by molar-refractivity contribution is -0.152. The third kappa shape index (κ3) is 6.56. The van der Waals surface area contributed by atoms with E-state index in [9.17, 15) is 14.4 Å². The number of para-hydroxylation sites is 1. The van der Waals surface area contributed by atoms with Crippen molar-refractivity contribution in [2.75, 3.05) is 7.11 Å². The van der Waals surface area contributed by atoms with Gasteiger partial charge in [-0.2, -0.15) is 0 Å². The number of nitrogens with zero attached hydrogens (tertiary/aromatic N) is 1. The molecule has 0 aliphatic heterocycles. The number of ether oxygens (including phenoxy) is 4. The van der Waals surface area contributed by atoms with E-state index in [1.54, 1.807) is 19.1 Å². The van der Waals surface area contributed by atoms with Crippen LogP contribution < -0.4 is 19.5 Å². The van der Waals surface area contributed by atoms with Gasteiger partial charge in [-0.15, -0.1) is 0 Å². The third-order valence-corrected chi connectivity index (χ3v) is 4.26. The molecule has 2 aromatic rings. The van der Waals surface area contributed by atoms with E-state index in [1.807, 2.05) is 18.2 Å². The number of aromatic nitrogens is 1. The van der Waals surface area contributed by atoms with Crippen molar-refractivity contribution < 1.29 is 33.3 Å². The van der Waals surface area contributed by atoms with Gasteiger partial charge in [0, 0.05) is 19.2 Å². The van der Waals surface area contributed by atoms with E-state index in [-0.39, 0.29) is 17.2 Å². The Kier molecular flexibility index (Phi) is 8.76. The molecule has 1 amide bonds. The first-order valence-corrected chi connectivity index (χ1v) is 9.83. The SMILES string of the molecule is C=C[C@H](OC(=O)[C@H](C)NC(=O)c1nccc(OC)c1OC(C)=O)[C@H](C)Oc1ccccc1. The predicted molar refractivity (Wildman–Crippen MR) is 116 cm³/mol. The van der Waals surface area contributed by atoms with Gasteiger partial charge >= 0.3 is 11.9 Å². The summed E-state index contributed by atoms with van der Waals surface area (Å²) in [5.41, 5.74) is -0.208. The first-order chi connectivity index (χ1) is 15.3. The maximum atomic E-state index is 12.7. The number of carbonyl (C=O) groups is 3. The van der Waals surface area contributed by atoms with Crippen LogP contribution in [0.4, 0.5) is 0 Å². The molecule has 32 heavy (non-hydrogen) atoms. The molecule has 0 unspecified atom stereocenters. The number of hydrogen-bond acceptors (Lipinski definition) is 8. The number of carbonyl (C=O) groups excluding carboxylic acids is 3. The number of benzene rings is 1. The van der Waals surface area contributed by atoms with Gasteiger partial charge in [-0.05, 0) is 32.1 Å². The maximum absolute atomic E-state index is 12.7. The molecule has 9 heteroatoms. The van der Waals surface area contributed by atoms with Gasteiger partial charge in [-0.3, -0.25) is 9.59 Å². The molecule has 0 aliphatic carbocycles. The van der Waals surface area contributed by atoms with Crippen LogP contribution in [-0.4, -0.2) is 48.2 Å². The molecule has 2 rings (SSSR count). The molecule has 0 fully saturated rings. The second kappa shape index (κ2) is 11.5. The minimum absolute atomic E-state index is 0.144. The van der Waals surface area contributed by atoms with E-state index in [2.05, 4.69) is 16.9 Å². The van der Waals surface area contributed by atoms with Crippen molar-refractivity contribution >= 4 is 17.8 Å². The monoisotopic (exact) mass is 442 g/mol. The summed E-state index contributed by atoms with van der Waals surface area (Å²) in [5, 5.41) is 2.48. The van der Waals surface area contributed by atoms with Gasteiger partial charge in [0.1, 0.15) is 17.9 Å². The molecular formula is C23H26N2O7. The zero-order chi connectivity index (χ0) is 23.7. The zero-order valence-corrected chi connectivity index (χ0v) is 18.4. The smallest absolute Gasteiger partial charge is 0.329 e. The van der Waals surface area contributed by atoms with Crippen LogP contribution in [-0.2, 0) is 14.3 Å². The molecule has 3 atom stereocenters. The molecule has 1 aromatic heterocycles. The number of nitrogens with one attached hydrogen (secondary N) is 1. The van der Waals surface area contributed by atoms with Crippen LogP contribution in [0, 0.1) is 0 Å². The molecule has 0 saturated carbocycles. The van der Waals surface area contributed by atoms with Gasteiger partial charge in [0.2, 0.25) is 5.75 Å². The highest BCUT2D eigenvalue weighted by Gasteiger charge is 2.27. The van der Waals surface area contributed by atoms with Crippen molar-refractivity contribution in [3.63, 3.8) is 0 Å². The minimum Gasteiger partial charge on any atom is -0.493 e. The highest BCUT2D eigenvalue weighted by atomic mass is 16.6. The van der Waals surface area contributed by atoms with Gasteiger partial charge in [0.05, 0.1) is 7.11 Å². The van der Waals surface area contributed by atoms with E-state index in [0.29, 0.717) is 5.75 Å². The van der Waals surface area contributed by atoms with Gasteiger partial charge in [-0.25, -0.2) is 9.78 Å². The van der Waals surface area contributed by atoms with Crippen LogP contribution in [0.5, 0.6) is 17.2 Å².